The molecule has 1 atom stereocenters. The van der Waals surface area contributed by atoms with Gasteiger partial charge in [-0.3, -0.25) is 14.5 Å². The van der Waals surface area contributed by atoms with E-state index in [9.17, 15) is 9.59 Å². The largest absolute Gasteiger partial charge is 0.347 e. The summed E-state index contributed by atoms with van der Waals surface area (Å²) in [7, 11) is 0. The average Bonchev–Trinajstić information content (AvgIpc) is 2.56. The minimum absolute atomic E-state index is 0.433. The number of carbonyl (C=O) groups is 2. The molecule has 1 heterocycles. The number of nitrogens with one attached hydrogen (secondary N) is 2. The van der Waals surface area contributed by atoms with Crippen LogP contribution in [0.3, 0.4) is 0 Å². The molecule has 2 rings (SSSR count). The van der Waals surface area contributed by atoms with Crippen LogP contribution in [-0.2, 0) is 9.59 Å². The predicted octanol–water partition coefficient (Wildman–Crippen LogP) is 1.49. The fraction of sp³-hybridized carbons (Fsp3) is 0.471. The number of carbonyl (C=O) groups excluding carboxylic acids is 2. The summed E-state index contributed by atoms with van der Waals surface area (Å²) in [6, 6.07) is 8.98. The SMILES string of the molecule is CC1CCCCN1CCNC(=O)C(=O)Nc1cccc(C#N)c1. The molecule has 2 amide bonds. The maximum absolute atomic E-state index is 11.8. The Bertz CT molecular complexity index is 609. The van der Waals surface area contributed by atoms with Gasteiger partial charge in [-0.05, 0) is 44.5 Å². The molecule has 0 radical (unpaired) electrons. The van der Waals surface area contributed by atoms with Crippen molar-refractivity contribution in [2.24, 2.45) is 0 Å². The number of piperidine rings is 1. The van der Waals surface area contributed by atoms with Gasteiger partial charge < -0.3 is 10.6 Å². The van der Waals surface area contributed by atoms with Crippen molar-refractivity contribution in [1.82, 2.24) is 10.2 Å². The molecule has 1 unspecified atom stereocenters. The van der Waals surface area contributed by atoms with Crippen molar-refractivity contribution in [3.8, 4) is 6.07 Å². The standard InChI is InChI=1S/C17H22N4O2/c1-13-5-2-3-9-21(13)10-8-19-16(22)17(23)20-15-7-4-6-14(11-15)12-18/h4,6-7,11,13H,2-3,5,8-10H2,1H3,(H,19,22)(H,20,23). The predicted molar refractivity (Wildman–Crippen MR) is 87.7 cm³/mol. The lowest BCUT2D eigenvalue weighted by atomic mass is 10.0. The molecule has 1 aliphatic heterocycles. The number of benzene rings is 1. The summed E-state index contributed by atoms with van der Waals surface area (Å²) < 4.78 is 0. The second-order valence-corrected chi connectivity index (χ2v) is 5.78. The highest BCUT2D eigenvalue weighted by atomic mass is 16.2. The third-order valence-corrected chi connectivity index (χ3v) is 4.08. The molecular weight excluding hydrogens is 292 g/mol. The molecule has 1 fully saturated rings. The maximum Gasteiger partial charge on any atom is 0.313 e. The number of amides is 2. The zero-order valence-electron chi connectivity index (χ0n) is 13.3. The van der Waals surface area contributed by atoms with Crippen molar-refractivity contribution in [2.45, 2.75) is 32.2 Å². The molecule has 2 N–H and O–H groups in total. The molecule has 1 aromatic carbocycles. The Hall–Kier alpha value is -2.39. The molecule has 1 aromatic rings. The highest BCUT2D eigenvalue weighted by Gasteiger charge is 2.19. The van der Waals surface area contributed by atoms with Crippen molar-refractivity contribution in [1.29, 1.82) is 5.26 Å². The Morgan fingerprint density at radius 2 is 2.17 bits per heavy atom. The molecule has 23 heavy (non-hydrogen) atoms. The number of nitrogens with zero attached hydrogens (tertiary/aromatic N) is 2. The van der Waals surface area contributed by atoms with Gasteiger partial charge in [-0.1, -0.05) is 12.5 Å². The van der Waals surface area contributed by atoms with E-state index in [-0.39, 0.29) is 0 Å². The number of hydrogen-bond donors (Lipinski definition) is 2. The lowest BCUT2D eigenvalue weighted by Crippen LogP contribution is -2.44. The fourth-order valence-electron chi connectivity index (χ4n) is 2.74. The first-order valence-electron chi connectivity index (χ1n) is 7.93. The van der Waals surface area contributed by atoms with Gasteiger partial charge >= 0.3 is 11.8 Å². The van der Waals surface area contributed by atoms with E-state index >= 15 is 0 Å². The van der Waals surface area contributed by atoms with E-state index in [0.717, 1.165) is 13.1 Å². The number of hydrogen-bond acceptors (Lipinski definition) is 4. The Balaban J connectivity index is 1.76. The van der Waals surface area contributed by atoms with Gasteiger partial charge in [-0.2, -0.15) is 5.26 Å². The van der Waals surface area contributed by atoms with E-state index in [1.54, 1.807) is 18.2 Å². The van der Waals surface area contributed by atoms with Gasteiger partial charge in [0.25, 0.3) is 0 Å². The minimum Gasteiger partial charge on any atom is -0.347 e. The quantitative estimate of drug-likeness (QED) is 0.825. The first-order chi connectivity index (χ1) is 11.1. The van der Waals surface area contributed by atoms with Crippen LogP contribution in [0.5, 0.6) is 0 Å². The summed E-state index contributed by atoms with van der Waals surface area (Å²) in [5, 5.41) is 14.0. The van der Waals surface area contributed by atoms with Crippen LogP contribution in [0.2, 0.25) is 0 Å². The van der Waals surface area contributed by atoms with Gasteiger partial charge in [0, 0.05) is 24.8 Å². The molecule has 1 saturated heterocycles. The van der Waals surface area contributed by atoms with Crippen LogP contribution in [0.15, 0.2) is 24.3 Å². The van der Waals surface area contributed by atoms with E-state index in [1.807, 2.05) is 6.07 Å². The highest BCUT2D eigenvalue weighted by Crippen LogP contribution is 2.15. The van der Waals surface area contributed by atoms with Crippen LogP contribution in [0.1, 0.15) is 31.7 Å². The van der Waals surface area contributed by atoms with Crippen molar-refractivity contribution >= 4 is 17.5 Å². The van der Waals surface area contributed by atoms with Gasteiger partial charge in [0.2, 0.25) is 0 Å². The number of nitriles is 1. The Kier molecular flexibility index (Phi) is 6.12. The molecule has 122 valence electrons. The Morgan fingerprint density at radius 1 is 1.35 bits per heavy atom. The first kappa shape index (κ1) is 17.0. The lowest BCUT2D eigenvalue weighted by Gasteiger charge is -2.33. The van der Waals surface area contributed by atoms with Crippen LogP contribution in [-0.4, -0.2) is 42.4 Å². The number of rotatable bonds is 4. The molecule has 0 spiro atoms. The minimum atomic E-state index is -0.716. The summed E-state index contributed by atoms with van der Waals surface area (Å²) in [4.78, 5) is 26.0. The normalized spacial score (nSPS) is 18.0. The molecule has 0 bridgehead atoms. The van der Waals surface area contributed by atoms with Crippen molar-refractivity contribution < 1.29 is 9.59 Å². The summed E-state index contributed by atoms with van der Waals surface area (Å²) in [6.45, 7) is 4.44. The molecule has 6 heteroatoms. The summed E-state index contributed by atoms with van der Waals surface area (Å²) in [6.07, 6.45) is 3.63. The van der Waals surface area contributed by atoms with E-state index in [4.69, 9.17) is 5.26 Å². The molecule has 6 nitrogen and oxygen atoms in total. The van der Waals surface area contributed by atoms with Gasteiger partial charge in [-0.15, -0.1) is 0 Å². The van der Waals surface area contributed by atoms with Gasteiger partial charge in [-0.25, -0.2) is 0 Å². The Labute approximate surface area is 136 Å². The van der Waals surface area contributed by atoms with E-state index < -0.39 is 11.8 Å². The van der Waals surface area contributed by atoms with Crippen LogP contribution in [0.4, 0.5) is 5.69 Å². The van der Waals surface area contributed by atoms with Gasteiger partial charge in [0.15, 0.2) is 0 Å². The van der Waals surface area contributed by atoms with Crippen LogP contribution in [0, 0.1) is 11.3 Å². The summed E-state index contributed by atoms with van der Waals surface area (Å²) in [5.41, 5.74) is 0.871. The fourth-order valence-corrected chi connectivity index (χ4v) is 2.74. The summed E-state index contributed by atoms with van der Waals surface area (Å²) in [5.74, 6) is -1.37. The number of likely N-dealkylation sites (tertiary alicyclic amines) is 1. The lowest BCUT2D eigenvalue weighted by molar-refractivity contribution is -0.136. The van der Waals surface area contributed by atoms with Crippen molar-refractivity contribution in [3.63, 3.8) is 0 Å². The molecule has 1 aliphatic rings. The zero-order chi connectivity index (χ0) is 16.7. The third-order valence-electron chi connectivity index (χ3n) is 4.08. The molecule has 0 saturated carbocycles. The van der Waals surface area contributed by atoms with E-state index in [1.165, 1.54) is 25.3 Å². The molecule has 0 aliphatic carbocycles. The van der Waals surface area contributed by atoms with Crippen LogP contribution >= 0.6 is 0 Å². The van der Waals surface area contributed by atoms with Crippen LogP contribution < -0.4 is 10.6 Å². The summed E-state index contributed by atoms with van der Waals surface area (Å²) >= 11 is 0. The second kappa shape index (κ2) is 8.30. The molecular formula is C17H22N4O2. The Morgan fingerprint density at radius 3 is 2.91 bits per heavy atom. The first-order valence-corrected chi connectivity index (χ1v) is 7.93. The second-order valence-electron chi connectivity index (χ2n) is 5.78. The maximum atomic E-state index is 11.8. The van der Waals surface area contributed by atoms with Gasteiger partial charge in [0.1, 0.15) is 0 Å². The van der Waals surface area contributed by atoms with Crippen LogP contribution in [0.25, 0.3) is 0 Å². The monoisotopic (exact) mass is 314 g/mol. The average molecular weight is 314 g/mol. The van der Waals surface area contributed by atoms with E-state index in [0.29, 0.717) is 23.8 Å². The molecule has 0 aromatic heterocycles. The van der Waals surface area contributed by atoms with Crippen molar-refractivity contribution in [2.75, 3.05) is 25.0 Å². The smallest absolute Gasteiger partial charge is 0.313 e. The topological polar surface area (TPSA) is 85.2 Å². The zero-order valence-corrected chi connectivity index (χ0v) is 13.3. The highest BCUT2D eigenvalue weighted by molar-refractivity contribution is 6.39. The third kappa shape index (κ3) is 5.08. The van der Waals surface area contributed by atoms with Gasteiger partial charge in [0.05, 0.1) is 11.6 Å². The number of anilines is 1. The van der Waals surface area contributed by atoms with E-state index in [2.05, 4.69) is 22.5 Å². The van der Waals surface area contributed by atoms with Crippen molar-refractivity contribution in [3.05, 3.63) is 29.8 Å².